The summed E-state index contributed by atoms with van der Waals surface area (Å²) < 4.78 is 10.8. The first-order valence-electron chi connectivity index (χ1n) is 20.3. The van der Waals surface area contributed by atoms with E-state index in [4.69, 9.17) is 9.47 Å². The van der Waals surface area contributed by atoms with Crippen molar-refractivity contribution in [1.29, 1.82) is 0 Å². The van der Waals surface area contributed by atoms with Gasteiger partial charge in [-0.3, -0.25) is 38.5 Å². The maximum atomic E-state index is 14.6. The van der Waals surface area contributed by atoms with E-state index in [1.165, 1.54) is 41.7 Å². The van der Waals surface area contributed by atoms with Crippen molar-refractivity contribution in [3.8, 4) is 5.75 Å². The number of imide groups is 1. The second kappa shape index (κ2) is 21.1. The second-order valence-electron chi connectivity index (χ2n) is 16.2. The fourth-order valence-electron chi connectivity index (χ4n) is 8.00. The van der Waals surface area contributed by atoms with Gasteiger partial charge in [-0.15, -0.1) is 0 Å². The summed E-state index contributed by atoms with van der Waals surface area (Å²) in [6.45, 7) is 14.3. The number of carbonyl (C=O) groups is 7. The Morgan fingerprint density at radius 1 is 0.965 bits per heavy atom. The molecule has 1 N–H and O–H groups in total. The fourth-order valence-corrected chi connectivity index (χ4v) is 8.00. The van der Waals surface area contributed by atoms with E-state index in [1.807, 2.05) is 6.92 Å². The molecule has 0 radical (unpaired) electrons. The molecule has 0 saturated carbocycles. The van der Waals surface area contributed by atoms with Gasteiger partial charge in [0.25, 0.3) is 11.8 Å². The SMILES string of the molecule is CCCC[C@H](C)C[C@@H](C)C(=O)N(C)[C@@H](Cc1ccc(OC)cc1)C(=O)N[C@H](C(=O)N(C)[C@H](C(=O)N1CCC[C@@H]1C(=O)N1C(=O)C=C[C@@H]1C)C(C)C)[C@H](C)OC(C)=O. The third-order valence-electron chi connectivity index (χ3n) is 11.2. The van der Waals surface area contributed by atoms with E-state index in [9.17, 15) is 33.6 Å². The van der Waals surface area contributed by atoms with E-state index in [2.05, 4.69) is 19.2 Å². The molecule has 0 spiro atoms. The summed E-state index contributed by atoms with van der Waals surface area (Å²) >= 11 is 0. The molecule has 8 atom stereocenters. The maximum absolute atomic E-state index is 14.6. The number of methoxy groups -OCH3 is 1. The van der Waals surface area contributed by atoms with Crippen LogP contribution in [0.1, 0.15) is 99.5 Å². The Morgan fingerprint density at radius 3 is 2.16 bits per heavy atom. The van der Waals surface area contributed by atoms with Gasteiger partial charge >= 0.3 is 5.97 Å². The lowest BCUT2D eigenvalue weighted by Crippen LogP contribution is -2.62. The molecule has 57 heavy (non-hydrogen) atoms. The molecule has 14 heteroatoms. The van der Waals surface area contributed by atoms with E-state index < -0.39 is 77.7 Å². The molecule has 316 valence electrons. The summed E-state index contributed by atoms with van der Waals surface area (Å²) in [5, 5.41) is 2.81. The van der Waals surface area contributed by atoms with Gasteiger partial charge < -0.3 is 29.5 Å². The minimum Gasteiger partial charge on any atom is -0.497 e. The highest BCUT2D eigenvalue weighted by Crippen LogP contribution is 2.27. The number of likely N-dealkylation sites (N-methyl/N-ethyl adjacent to an activating group) is 2. The average molecular weight is 796 g/mol. The molecule has 2 aliphatic rings. The van der Waals surface area contributed by atoms with Crippen LogP contribution < -0.4 is 10.1 Å². The Hall–Kier alpha value is -4.75. The van der Waals surface area contributed by atoms with Gasteiger partial charge in [0.2, 0.25) is 23.6 Å². The lowest BCUT2D eigenvalue weighted by molar-refractivity contribution is -0.157. The lowest BCUT2D eigenvalue weighted by atomic mass is 9.91. The number of esters is 1. The molecular formula is C43H65N5O9. The molecule has 14 nitrogen and oxygen atoms in total. The number of carbonyl (C=O) groups excluding carboxylic acids is 7. The van der Waals surface area contributed by atoms with Crippen LogP contribution in [0.3, 0.4) is 0 Å². The zero-order valence-electron chi connectivity index (χ0n) is 35.8. The van der Waals surface area contributed by atoms with Crippen molar-refractivity contribution in [2.45, 2.75) is 137 Å². The Balaban J connectivity index is 1.95. The summed E-state index contributed by atoms with van der Waals surface area (Å²) in [7, 11) is 4.57. The van der Waals surface area contributed by atoms with Gasteiger partial charge in [0.1, 0.15) is 36.0 Å². The molecule has 1 fully saturated rings. The number of rotatable bonds is 19. The van der Waals surface area contributed by atoms with Crippen molar-refractivity contribution in [1.82, 2.24) is 24.9 Å². The van der Waals surface area contributed by atoms with Gasteiger partial charge in [0, 0.05) is 46.0 Å². The van der Waals surface area contributed by atoms with Crippen LogP contribution in [0.2, 0.25) is 0 Å². The average Bonchev–Trinajstić information content (AvgIpc) is 3.79. The Bertz CT molecular complexity index is 1630. The zero-order valence-corrected chi connectivity index (χ0v) is 35.8. The summed E-state index contributed by atoms with van der Waals surface area (Å²) in [5.41, 5.74) is 0.744. The van der Waals surface area contributed by atoms with Crippen LogP contribution in [-0.4, -0.2) is 125 Å². The van der Waals surface area contributed by atoms with Crippen LogP contribution in [0.5, 0.6) is 5.75 Å². The zero-order chi connectivity index (χ0) is 42.7. The molecule has 2 aliphatic heterocycles. The van der Waals surface area contributed by atoms with Crippen LogP contribution in [0.15, 0.2) is 36.4 Å². The number of nitrogens with one attached hydrogen (secondary N) is 1. The third-order valence-corrected chi connectivity index (χ3v) is 11.2. The molecule has 0 aromatic heterocycles. The molecule has 0 bridgehead atoms. The highest BCUT2D eigenvalue weighted by molar-refractivity contribution is 6.06. The quantitative estimate of drug-likeness (QED) is 0.160. The van der Waals surface area contributed by atoms with Crippen molar-refractivity contribution in [2.24, 2.45) is 17.8 Å². The maximum Gasteiger partial charge on any atom is 0.302 e. The number of likely N-dealkylation sites (tertiary alicyclic amines) is 1. The number of hydrogen-bond acceptors (Lipinski definition) is 9. The molecule has 3 rings (SSSR count). The standard InChI is InChI=1S/C43H65N5O9/c1-12-13-15-27(4)24-28(5)40(52)45(9)35(25-32-18-20-33(56-11)21-19-32)39(51)44-37(30(7)57-31(8)49)42(54)46(10)38(26(2)3)43(55)47-23-14-16-34(47)41(53)48-29(6)17-22-36(48)50/h17-22,26-30,34-35,37-38H,12-16,23-25H2,1-11H3,(H,44,51)/t27-,28+,29-,30-,34+,35-,37-,38-/m0/s1. The molecular weight excluding hydrogens is 730 g/mol. The predicted octanol–water partition coefficient (Wildman–Crippen LogP) is 4.14. The van der Waals surface area contributed by atoms with Crippen LogP contribution >= 0.6 is 0 Å². The number of benzene rings is 1. The number of nitrogens with zero attached hydrogens (tertiary/aromatic N) is 4. The van der Waals surface area contributed by atoms with E-state index >= 15 is 0 Å². The predicted molar refractivity (Wildman–Crippen MR) is 215 cm³/mol. The van der Waals surface area contributed by atoms with Gasteiger partial charge in [-0.05, 0) is 62.6 Å². The largest absolute Gasteiger partial charge is 0.497 e. The van der Waals surface area contributed by atoms with Crippen LogP contribution in [0.25, 0.3) is 0 Å². The van der Waals surface area contributed by atoms with Gasteiger partial charge in [-0.1, -0.05) is 72.1 Å². The summed E-state index contributed by atoms with van der Waals surface area (Å²) in [6, 6.07) is 2.22. The van der Waals surface area contributed by atoms with E-state index in [0.717, 1.165) is 29.7 Å². The smallest absolute Gasteiger partial charge is 0.302 e. The summed E-state index contributed by atoms with van der Waals surface area (Å²) in [6.07, 6.45) is 6.57. The number of ether oxygens (including phenoxy) is 2. The minimum absolute atomic E-state index is 0.111. The Morgan fingerprint density at radius 2 is 1.61 bits per heavy atom. The molecule has 6 amide bonds. The van der Waals surface area contributed by atoms with Gasteiger partial charge in [-0.25, -0.2) is 0 Å². The third kappa shape index (κ3) is 11.9. The van der Waals surface area contributed by atoms with E-state index in [0.29, 0.717) is 30.9 Å². The monoisotopic (exact) mass is 795 g/mol. The molecule has 2 heterocycles. The normalized spacial score (nSPS) is 19.7. The van der Waals surface area contributed by atoms with Gasteiger partial charge in [-0.2, -0.15) is 0 Å². The van der Waals surface area contributed by atoms with Gasteiger partial charge in [0.05, 0.1) is 13.2 Å². The van der Waals surface area contributed by atoms with Crippen molar-refractivity contribution < 1.29 is 43.0 Å². The van der Waals surface area contributed by atoms with Crippen molar-refractivity contribution in [3.63, 3.8) is 0 Å². The minimum atomic E-state index is -1.45. The van der Waals surface area contributed by atoms with E-state index in [-0.39, 0.29) is 24.8 Å². The number of amides is 6. The van der Waals surface area contributed by atoms with Crippen LogP contribution in [0.4, 0.5) is 0 Å². The Kier molecular flexibility index (Phi) is 17.3. The van der Waals surface area contributed by atoms with Crippen molar-refractivity contribution in [2.75, 3.05) is 27.7 Å². The summed E-state index contributed by atoms with van der Waals surface area (Å²) in [4.78, 5) is 101. The molecule has 1 aromatic carbocycles. The lowest BCUT2D eigenvalue weighted by Gasteiger charge is -2.38. The first-order valence-corrected chi connectivity index (χ1v) is 20.3. The topological polar surface area (TPSA) is 163 Å². The fraction of sp³-hybridized carbons (Fsp3) is 0.651. The molecule has 1 aromatic rings. The molecule has 0 aliphatic carbocycles. The van der Waals surface area contributed by atoms with Crippen LogP contribution in [0, 0.1) is 17.8 Å². The highest BCUT2D eigenvalue weighted by atomic mass is 16.5. The molecule has 1 saturated heterocycles. The number of hydrogen-bond donors (Lipinski definition) is 1. The second-order valence-corrected chi connectivity index (χ2v) is 16.2. The molecule has 0 unspecified atom stereocenters. The first-order chi connectivity index (χ1) is 26.8. The number of unbranched alkanes of at least 4 members (excludes halogenated alkanes) is 1. The van der Waals surface area contributed by atoms with Crippen molar-refractivity contribution >= 4 is 41.4 Å². The summed E-state index contributed by atoms with van der Waals surface area (Å²) in [5.74, 6) is -3.52. The first kappa shape index (κ1) is 46.6. The van der Waals surface area contributed by atoms with Crippen molar-refractivity contribution in [3.05, 3.63) is 42.0 Å². The highest BCUT2D eigenvalue weighted by Gasteiger charge is 2.46. The van der Waals surface area contributed by atoms with E-state index in [1.54, 1.807) is 65.3 Å². The van der Waals surface area contributed by atoms with Gasteiger partial charge in [0.15, 0.2) is 0 Å². The Labute approximate surface area is 338 Å². The van der Waals surface area contributed by atoms with Crippen LogP contribution in [-0.2, 0) is 44.7 Å².